The third-order valence-electron chi connectivity index (χ3n) is 4.09. The maximum absolute atomic E-state index is 14.8. The van der Waals surface area contributed by atoms with E-state index in [0.29, 0.717) is 18.6 Å². The Hall–Kier alpha value is -3.88. The molecule has 3 rings (SSSR count). The second-order valence-electron chi connectivity index (χ2n) is 6.36. The molecular weight excluding hydrogens is 401 g/mol. The standard InChI is InChI=1S/C21H20FN5O3.CH4/c22-20-15(13-30-19(28)9-18(23)24)4-1-5-17(20)16-11-26-21(27-12-16)29-8-6-14-3-2-7-25-10-14;/h1-5,7,10-12H,6,8-9,13H2,(H3,23,24);1H4. The van der Waals surface area contributed by atoms with Crippen LogP contribution in [0.5, 0.6) is 6.01 Å². The second kappa shape index (κ2) is 11.3. The number of amidine groups is 1. The van der Waals surface area contributed by atoms with Gasteiger partial charge >= 0.3 is 12.0 Å². The van der Waals surface area contributed by atoms with E-state index in [1.807, 2.05) is 12.1 Å². The number of pyridine rings is 1. The van der Waals surface area contributed by atoms with Crippen LogP contribution in [-0.2, 0) is 22.6 Å². The van der Waals surface area contributed by atoms with Crippen molar-refractivity contribution in [2.24, 2.45) is 5.73 Å². The number of esters is 1. The van der Waals surface area contributed by atoms with Gasteiger partial charge in [-0.1, -0.05) is 31.7 Å². The summed E-state index contributed by atoms with van der Waals surface area (Å²) in [7, 11) is 0. The number of halogens is 1. The second-order valence-corrected chi connectivity index (χ2v) is 6.36. The number of carbonyl (C=O) groups is 1. The molecule has 9 heteroatoms. The molecule has 3 N–H and O–H groups in total. The largest absolute Gasteiger partial charge is 0.463 e. The van der Waals surface area contributed by atoms with Gasteiger partial charge in [0.05, 0.1) is 6.61 Å². The van der Waals surface area contributed by atoms with Crippen molar-refractivity contribution in [3.8, 4) is 17.1 Å². The fourth-order valence-electron chi connectivity index (χ4n) is 2.61. The molecule has 2 aromatic heterocycles. The Balaban J connectivity index is 0.00000341. The first-order chi connectivity index (χ1) is 14.5. The monoisotopic (exact) mass is 425 g/mol. The molecule has 0 saturated heterocycles. The van der Waals surface area contributed by atoms with Gasteiger partial charge in [-0.2, -0.15) is 0 Å². The van der Waals surface area contributed by atoms with Gasteiger partial charge in [-0.05, 0) is 11.6 Å². The van der Waals surface area contributed by atoms with Crippen LogP contribution in [0.4, 0.5) is 4.39 Å². The first-order valence-corrected chi connectivity index (χ1v) is 9.13. The van der Waals surface area contributed by atoms with Crippen molar-refractivity contribution < 1.29 is 18.7 Å². The summed E-state index contributed by atoms with van der Waals surface area (Å²) in [6, 6.07) is 8.73. The molecule has 8 nitrogen and oxygen atoms in total. The van der Waals surface area contributed by atoms with Crippen LogP contribution in [0, 0.1) is 11.2 Å². The predicted octanol–water partition coefficient (Wildman–Crippen LogP) is 3.30. The van der Waals surface area contributed by atoms with Crippen LogP contribution in [0.3, 0.4) is 0 Å². The fourth-order valence-corrected chi connectivity index (χ4v) is 2.61. The summed E-state index contributed by atoms with van der Waals surface area (Å²) >= 11 is 0. The van der Waals surface area contributed by atoms with E-state index >= 15 is 0 Å². The third kappa shape index (κ3) is 6.84. The summed E-state index contributed by atoms with van der Waals surface area (Å²) in [6.45, 7) is 0.128. The summed E-state index contributed by atoms with van der Waals surface area (Å²) in [5.41, 5.74) is 7.12. The number of nitrogens with one attached hydrogen (secondary N) is 1. The highest BCUT2D eigenvalue weighted by Crippen LogP contribution is 2.25. The van der Waals surface area contributed by atoms with E-state index in [9.17, 15) is 9.18 Å². The normalized spacial score (nSPS) is 10.1. The van der Waals surface area contributed by atoms with Crippen molar-refractivity contribution in [1.82, 2.24) is 15.0 Å². The lowest BCUT2D eigenvalue weighted by Crippen LogP contribution is -2.17. The van der Waals surface area contributed by atoms with Crippen LogP contribution in [0.2, 0.25) is 0 Å². The molecule has 0 fully saturated rings. The molecule has 0 aliphatic heterocycles. The van der Waals surface area contributed by atoms with E-state index in [1.54, 1.807) is 24.5 Å². The fraction of sp³-hybridized carbons (Fsp3) is 0.227. The molecule has 0 spiro atoms. The lowest BCUT2D eigenvalue weighted by Gasteiger charge is -2.10. The number of rotatable bonds is 9. The maximum Gasteiger partial charge on any atom is 0.316 e. The lowest BCUT2D eigenvalue weighted by atomic mass is 10.1. The highest BCUT2D eigenvalue weighted by molar-refractivity contribution is 5.94. The Morgan fingerprint density at radius 3 is 2.58 bits per heavy atom. The van der Waals surface area contributed by atoms with Gasteiger partial charge in [0.2, 0.25) is 0 Å². The molecule has 0 aliphatic rings. The number of carbonyl (C=O) groups excluding carboxylic acids is 1. The summed E-state index contributed by atoms with van der Waals surface area (Å²) < 4.78 is 25.3. The molecule has 162 valence electrons. The summed E-state index contributed by atoms with van der Waals surface area (Å²) in [5.74, 6) is -1.54. The van der Waals surface area contributed by atoms with Crippen LogP contribution >= 0.6 is 0 Å². The molecular formula is C22H24FN5O3. The van der Waals surface area contributed by atoms with Crippen LogP contribution < -0.4 is 10.5 Å². The molecule has 0 radical (unpaired) electrons. The van der Waals surface area contributed by atoms with E-state index in [1.165, 1.54) is 18.5 Å². The molecule has 0 bridgehead atoms. The Morgan fingerprint density at radius 2 is 1.90 bits per heavy atom. The molecule has 2 heterocycles. The topological polar surface area (TPSA) is 124 Å². The Morgan fingerprint density at radius 1 is 1.13 bits per heavy atom. The third-order valence-corrected chi connectivity index (χ3v) is 4.09. The van der Waals surface area contributed by atoms with Gasteiger partial charge in [0, 0.05) is 47.9 Å². The zero-order valence-electron chi connectivity index (χ0n) is 16.0. The number of hydrogen-bond donors (Lipinski definition) is 2. The zero-order valence-corrected chi connectivity index (χ0v) is 16.0. The molecule has 31 heavy (non-hydrogen) atoms. The van der Waals surface area contributed by atoms with Crippen molar-refractivity contribution in [3.05, 3.63) is 72.1 Å². The van der Waals surface area contributed by atoms with Crippen molar-refractivity contribution in [2.45, 2.75) is 26.9 Å². The van der Waals surface area contributed by atoms with E-state index in [4.69, 9.17) is 20.6 Å². The average molecular weight is 425 g/mol. The van der Waals surface area contributed by atoms with Crippen LogP contribution in [0.15, 0.2) is 55.1 Å². The molecule has 0 aliphatic carbocycles. The van der Waals surface area contributed by atoms with Crippen LogP contribution in [-0.4, -0.2) is 33.4 Å². The number of ether oxygens (including phenoxy) is 2. The maximum atomic E-state index is 14.8. The zero-order chi connectivity index (χ0) is 21.3. The summed E-state index contributed by atoms with van der Waals surface area (Å²) in [5, 5.41) is 7.08. The molecule has 1 aromatic carbocycles. The quantitative estimate of drug-likeness (QED) is 0.306. The Labute approximate surface area is 179 Å². The molecule has 0 atom stereocenters. The Bertz CT molecular complexity index is 1010. The number of benzene rings is 1. The molecule has 0 saturated carbocycles. The minimum Gasteiger partial charge on any atom is -0.463 e. The van der Waals surface area contributed by atoms with Crippen molar-refractivity contribution in [3.63, 3.8) is 0 Å². The van der Waals surface area contributed by atoms with Crippen LogP contribution in [0.1, 0.15) is 25.0 Å². The molecule has 3 aromatic rings. The van der Waals surface area contributed by atoms with Crippen molar-refractivity contribution in [1.29, 1.82) is 5.41 Å². The summed E-state index contributed by atoms with van der Waals surface area (Å²) in [6.07, 6.45) is 6.74. The van der Waals surface area contributed by atoms with Gasteiger partial charge in [0.1, 0.15) is 24.7 Å². The molecule has 0 amide bonds. The molecule has 0 unspecified atom stereocenters. The van der Waals surface area contributed by atoms with Crippen molar-refractivity contribution in [2.75, 3.05) is 6.61 Å². The lowest BCUT2D eigenvalue weighted by molar-refractivity contribution is -0.143. The highest BCUT2D eigenvalue weighted by atomic mass is 19.1. The van der Waals surface area contributed by atoms with Crippen molar-refractivity contribution >= 4 is 11.8 Å². The van der Waals surface area contributed by atoms with Gasteiger partial charge in [0.15, 0.2) is 0 Å². The number of hydrogen-bond acceptors (Lipinski definition) is 7. The van der Waals surface area contributed by atoms with E-state index < -0.39 is 11.8 Å². The van der Waals surface area contributed by atoms with Gasteiger partial charge in [-0.25, -0.2) is 14.4 Å². The smallest absolute Gasteiger partial charge is 0.316 e. The minimum absolute atomic E-state index is 0. The number of nitrogens with two attached hydrogens (primary N) is 1. The van der Waals surface area contributed by atoms with Gasteiger partial charge in [-0.15, -0.1) is 0 Å². The predicted molar refractivity (Wildman–Crippen MR) is 114 cm³/mol. The van der Waals surface area contributed by atoms with E-state index in [2.05, 4.69) is 15.0 Å². The van der Waals surface area contributed by atoms with Crippen LogP contribution in [0.25, 0.3) is 11.1 Å². The van der Waals surface area contributed by atoms with Gasteiger partial charge < -0.3 is 15.2 Å². The number of aromatic nitrogens is 3. The number of nitrogens with zero attached hydrogens (tertiary/aromatic N) is 3. The average Bonchev–Trinajstić information content (AvgIpc) is 2.74. The SMILES string of the molecule is C.N=C(N)CC(=O)OCc1cccc(-c2cnc(OCCc3cccnc3)nc2)c1F. The van der Waals surface area contributed by atoms with E-state index in [0.717, 1.165) is 5.56 Å². The Kier molecular flexibility index (Phi) is 8.56. The minimum atomic E-state index is -0.691. The summed E-state index contributed by atoms with van der Waals surface area (Å²) in [4.78, 5) is 23.8. The first kappa shape index (κ1) is 23.4. The van der Waals surface area contributed by atoms with E-state index in [-0.39, 0.29) is 43.4 Å². The van der Waals surface area contributed by atoms with Gasteiger partial charge in [0.25, 0.3) is 0 Å². The highest BCUT2D eigenvalue weighted by Gasteiger charge is 2.13. The van der Waals surface area contributed by atoms with Gasteiger partial charge in [-0.3, -0.25) is 15.2 Å². The first-order valence-electron chi connectivity index (χ1n) is 9.13.